The van der Waals surface area contributed by atoms with Crippen LogP contribution in [0.4, 0.5) is 0 Å². The molecule has 0 aromatic rings. The van der Waals surface area contributed by atoms with Gasteiger partial charge in [0, 0.05) is 0 Å². The van der Waals surface area contributed by atoms with Crippen LogP contribution in [0.2, 0.25) is 0 Å². The summed E-state index contributed by atoms with van der Waals surface area (Å²) in [6, 6.07) is 0. The van der Waals surface area contributed by atoms with E-state index < -0.39 is 0 Å². The molecule has 1 aliphatic rings. The molecule has 1 rings (SSSR count). The first-order chi connectivity index (χ1) is 4.63. The molecule has 10 heavy (non-hydrogen) atoms. The van der Waals surface area contributed by atoms with Crippen molar-refractivity contribution in [3.63, 3.8) is 0 Å². The maximum atomic E-state index is 2.47. The number of hydrogen-bond acceptors (Lipinski definition) is 0. The molecule has 0 N–H and O–H groups in total. The molecule has 0 bridgehead atoms. The minimum Gasteiger partial charge on any atom is -0.0747 e. The van der Waals surface area contributed by atoms with E-state index in [0.29, 0.717) is 0 Å². The summed E-state index contributed by atoms with van der Waals surface area (Å²) in [5, 5.41) is 0. The zero-order valence-corrected chi connectivity index (χ0v) is 9.05. The molecule has 0 amide bonds. The summed E-state index contributed by atoms with van der Waals surface area (Å²) in [4.78, 5) is 0. The summed E-state index contributed by atoms with van der Waals surface area (Å²) in [6.45, 7) is 7.04. The first-order valence-corrected chi connectivity index (χ1v) is 5.06. The molecule has 0 saturated carbocycles. The highest BCUT2D eigenvalue weighted by atomic mass is 127. The average molecular weight is 250 g/mol. The van der Waals surface area contributed by atoms with Crippen molar-refractivity contribution in [2.75, 3.05) is 0 Å². The maximum Gasteiger partial charge on any atom is -0.0103 e. The number of halogens is 1. The predicted octanol–water partition coefficient (Wildman–Crippen LogP) is 3.62. The lowest BCUT2D eigenvalue weighted by atomic mass is 9.79. The van der Waals surface area contributed by atoms with Crippen molar-refractivity contribution in [3.05, 3.63) is 9.66 Å². The predicted molar refractivity (Wildman–Crippen MR) is 54.2 cm³/mol. The maximum absolute atomic E-state index is 2.47. The van der Waals surface area contributed by atoms with Gasteiger partial charge in [0.15, 0.2) is 0 Å². The third-order valence-electron chi connectivity index (χ3n) is 2.81. The summed E-state index contributed by atoms with van der Waals surface area (Å²) in [6.07, 6.45) is 3.67. The van der Waals surface area contributed by atoms with Gasteiger partial charge in [-0.05, 0) is 50.3 Å². The van der Waals surface area contributed by atoms with Crippen LogP contribution in [0.3, 0.4) is 0 Å². The van der Waals surface area contributed by atoms with E-state index >= 15 is 0 Å². The van der Waals surface area contributed by atoms with E-state index in [4.69, 9.17) is 0 Å². The highest BCUT2D eigenvalue weighted by Crippen LogP contribution is 2.36. The van der Waals surface area contributed by atoms with Crippen LogP contribution in [0, 0.1) is 17.8 Å². The SMILES string of the molecule is CC1CC=C(I)C(C)C1C. The van der Waals surface area contributed by atoms with Gasteiger partial charge in [-0.3, -0.25) is 0 Å². The molecule has 0 aromatic carbocycles. The normalized spacial score (nSPS) is 41.2. The fourth-order valence-corrected chi connectivity index (χ4v) is 2.26. The monoisotopic (exact) mass is 250 g/mol. The standard InChI is InChI=1S/C9H15I/c1-6-4-5-9(10)8(3)7(6)2/h5-8H,4H2,1-3H3. The Hall–Kier alpha value is 0.470. The zero-order valence-electron chi connectivity index (χ0n) is 6.89. The van der Waals surface area contributed by atoms with Gasteiger partial charge in [-0.25, -0.2) is 0 Å². The topological polar surface area (TPSA) is 0 Å². The Morgan fingerprint density at radius 1 is 1.40 bits per heavy atom. The Morgan fingerprint density at radius 2 is 2.00 bits per heavy atom. The molecule has 58 valence electrons. The van der Waals surface area contributed by atoms with Crippen LogP contribution in [0.15, 0.2) is 9.66 Å². The van der Waals surface area contributed by atoms with E-state index in [9.17, 15) is 0 Å². The molecule has 0 spiro atoms. The number of rotatable bonds is 0. The Kier molecular flexibility index (Phi) is 2.78. The van der Waals surface area contributed by atoms with Gasteiger partial charge in [-0.1, -0.05) is 26.8 Å². The van der Waals surface area contributed by atoms with Crippen molar-refractivity contribution >= 4 is 22.6 Å². The van der Waals surface area contributed by atoms with Gasteiger partial charge in [-0.2, -0.15) is 0 Å². The third kappa shape index (κ3) is 1.55. The number of allylic oxidation sites excluding steroid dienone is 2. The fraction of sp³-hybridized carbons (Fsp3) is 0.778. The van der Waals surface area contributed by atoms with Crippen LogP contribution in [-0.2, 0) is 0 Å². The van der Waals surface area contributed by atoms with Gasteiger partial charge in [0.05, 0.1) is 0 Å². The summed E-state index contributed by atoms with van der Waals surface area (Å²) in [5.74, 6) is 2.55. The minimum atomic E-state index is 0.796. The van der Waals surface area contributed by atoms with Gasteiger partial charge in [0.1, 0.15) is 0 Å². The van der Waals surface area contributed by atoms with Crippen molar-refractivity contribution in [1.29, 1.82) is 0 Å². The first kappa shape index (κ1) is 8.57. The molecule has 0 aliphatic heterocycles. The van der Waals surface area contributed by atoms with E-state index in [1.54, 1.807) is 3.58 Å². The molecule has 0 saturated heterocycles. The van der Waals surface area contributed by atoms with Crippen LogP contribution in [0.1, 0.15) is 27.2 Å². The third-order valence-corrected chi connectivity index (χ3v) is 4.23. The van der Waals surface area contributed by atoms with Crippen molar-refractivity contribution in [1.82, 2.24) is 0 Å². The molecule has 1 heteroatoms. The number of hydrogen-bond donors (Lipinski definition) is 0. The fourth-order valence-electron chi connectivity index (χ4n) is 1.44. The Balaban J connectivity index is 2.71. The largest absolute Gasteiger partial charge is 0.0747 e. The van der Waals surface area contributed by atoms with Gasteiger partial charge in [-0.15, -0.1) is 0 Å². The minimum absolute atomic E-state index is 0.796. The molecule has 0 aromatic heterocycles. The smallest absolute Gasteiger partial charge is 0.0103 e. The average Bonchev–Trinajstić information content (AvgIpc) is 1.93. The van der Waals surface area contributed by atoms with E-state index in [-0.39, 0.29) is 0 Å². The molecular formula is C9H15I. The van der Waals surface area contributed by atoms with E-state index in [0.717, 1.165) is 17.8 Å². The molecule has 0 fully saturated rings. The summed E-state index contributed by atoms with van der Waals surface area (Å²) in [7, 11) is 0. The van der Waals surface area contributed by atoms with Crippen LogP contribution < -0.4 is 0 Å². The van der Waals surface area contributed by atoms with E-state index in [1.807, 2.05) is 0 Å². The molecular weight excluding hydrogens is 235 g/mol. The van der Waals surface area contributed by atoms with Crippen molar-refractivity contribution in [2.45, 2.75) is 27.2 Å². The van der Waals surface area contributed by atoms with E-state index in [1.165, 1.54) is 6.42 Å². The van der Waals surface area contributed by atoms with Crippen LogP contribution in [0.5, 0.6) is 0 Å². The molecule has 3 atom stereocenters. The van der Waals surface area contributed by atoms with Crippen LogP contribution >= 0.6 is 22.6 Å². The van der Waals surface area contributed by atoms with Crippen molar-refractivity contribution < 1.29 is 0 Å². The highest BCUT2D eigenvalue weighted by Gasteiger charge is 2.23. The summed E-state index contributed by atoms with van der Waals surface area (Å²) >= 11 is 2.47. The van der Waals surface area contributed by atoms with E-state index in [2.05, 4.69) is 49.4 Å². The second-order valence-corrected chi connectivity index (χ2v) is 4.70. The lowest BCUT2D eigenvalue weighted by molar-refractivity contribution is 0.304. The van der Waals surface area contributed by atoms with Crippen LogP contribution in [-0.4, -0.2) is 0 Å². The molecule has 3 unspecified atom stereocenters. The van der Waals surface area contributed by atoms with Gasteiger partial charge >= 0.3 is 0 Å². The summed E-state index contributed by atoms with van der Waals surface area (Å²) < 4.78 is 1.56. The van der Waals surface area contributed by atoms with Crippen LogP contribution in [0.25, 0.3) is 0 Å². The second kappa shape index (κ2) is 3.24. The Labute approximate surface area is 77.2 Å². The lowest BCUT2D eigenvalue weighted by Gasteiger charge is -2.29. The quantitative estimate of drug-likeness (QED) is 0.576. The molecule has 0 radical (unpaired) electrons. The first-order valence-electron chi connectivity index (χ1n) is 3.98. The molecule has 0 heterocycles. The van der Waals surface area contributed by atoms with Gasteiger partial charge in [0.25, 0.3) is 0 Å². The Morgan fingerprint density at radius 3 is 2.50 bits per heavy atom. The van der Waals surface area contributed by atoms with Crippen molar-refractivity contribution in [2.24, 2.45) is 17.8 Å². The Bertz CT molecular complexity index is 149. The van der Waals surface area contributed by atoms with Gasteiger partial charge in [0.2, 0.25) is 0 Å². The lowest BCUT2D eigenvalue weighted by Crippen LogP contribution is -2.20. The zero-order chi connectivity index (χ0) is 7.72. The molecule has 1 aliphatic carbocycles. The molecule has 0 nitrogen and oxygen atoms in total. The second-order valence-electron chi connectivity index (χ2n) is 3.45. The summed E-state index contributed by atoms with van der Waals surface area (Å²) in [5.41, 5.74) is 0. The van der Waals surface area contributed by atoms with Gasteiger partial charge < -0.3 is 0 Å². The highest BCUT2D eigenvalue weighted by molar-refractivity contribution is 14.1. The van der Waals surface area contributed by atoms with Crippen molar-refractivity contribution in [3.8, 4) is 0 Å².